The van der Waals surface area contributed by atoms with Crippen LogP contribution in [0.2, 0.25) is 5.02 Å². The van der Waals surface area contributed by atoms with Crippen molar-refractivity contribution in [3.8, 4) is 0 Å². The predicted molar refractivity (Wildman–Crippen MR) is 42.4 cm³/mol. The van der Waals surface area contributed by atoms with E-state index >= 15 is 0 Å². The SMILES string of the molecule is Cl.Fc1cccc(Cl)c1[CH2][Zn]. The summed E-state index contributed by atoms with van der Waals surface area (Å²) in [5.41, 5.74) is 0.657. The van der Waals surface area contributed by atoms with Gasteiger partial charge in [-0.2, -0.15) is 0 Å². The van der Waals surface area contributed by atoms with E-state index in [2.05, 4.69) is 0 Å². The molecule has 0 fully saturated rings. The molecule has 0 aliphatic carbocycles. The van der Waals surface area contributed by atoms with Crippen LogP contribution in [0.4, 0.5) is 4.39 Å². The van der Waals surface area contributed by atoms with E-state index in [-0.39, 0.29) is 18.2 Å². The summed E-state index contributed by atoms with van der Waals surface area (Å²) in [6, 6.07) is 4.78. The van der Waals surface area contributed by atoms with E-state index in [4.69, 9.17) is 11.6 Å². The first-order chi connectivity index (χ1) is 4.75. The summed E-state index contributed by atoms with van der Waals surface area (Å²) >= 11 is 6.75. The number of hydrogen-bond acceptors (Lipinski definition) is 0. The maximum atomic E-state index is 12.8. The molecular weight excluding hydrogens is 239 g/mol. The molecule has 0 nitrogen and oxygen atoms in total. The topological polar surface area (TPSA) is 0 Å². The first-order valence-electron chi connectivity index (χ1n) is 2.98. The van der Waals surface area contributed by atoms with Crippen LogP contribution >= 0.6 is 24.0 Å². The molecule has 0 aliphatic rings. The van der Waals surface area contributed by atoms with Crippen LogP contribution in [-0.4, -0.2) is 0 Å². The molecule has 57 valence electrons. The molecule has 0 radical (unpaired) electrons. The molecule has 0 bridgehead atoms. The molecule has 4 heteroatoms. The normalized spacial score (nSPS) is 9.09. The average Bonchev–Trinajstić information content (AvgIpc) is 1.88. The van der Waals surface area contributed by atoms with Crippen molar-refractivity contribution in [2.75, 3.05) is 0 Å². The molecule has 1 aromatic rings. The summed E-state index contributed by atoms with van der Waals surface area (Å²) < 4.78 is 12.8. The molecule has 0 spiro atoms. The summed E-state index contributed by atoms with van der Waals surface area (Å²) in [7, 11) is 0. The first-order valence-corrected chi connectivity index (χ1v) is 5.45. The van der Waals surface area contributed by atoms with Crippen molar-refractivity contribution in [3.63, 3.8) is 0 Å². The molecule has 0 aliphatic heterocycles. The second-order valence-corrected chi connectivity index (χ2v) is 3.41. The summed E-state index contributed by atoms with van der Waals surface area (Å²) in [4.78, 5) is 0. The number of halogens is 3. The van der Waals surface area contributed by atoms with Crippen LogP contribution in [0.1, 0.15) is 5.56 Å². The van der Waals surface area contributed by atoms with Gasteiger partial charge >= 0.3 is 73.9 Å². The molecule has 1 aromatic carbocycles. The number of hydrogen-bond donors (Lipinski definition) is 0. The van der Waals surface area contributed by atoms with Gasteiger partial charge in [-0.25, -0.2) is 0 Å². The van der Waals surface area contributed by atoms with Crippen LogP contribution in [0.25, 0.3) is 0 Å². The Morgan fingerprint density at radius 3 is 2.45 bits per heavy atom. The van der Waals surface area contributed by atoms with Crippen molar-refractivity contribution in [2.24, 2.45) is 0 Å². The molecule has 0 aromatic heterocycles. The molecule has 0 heterocycles. The average molecular weight is 245 g/mol. The van der Waals surface area contributed by atoms with Gasteiger partial charge in [0, 0.05) is 0 Å². The summed E-state index contributed by atoms with van der Waals surface area (Å²) in [5, 5.41) is 1.32. The zero-order valence-electron chi connectivity index (χ0n) is 5.81. The van der Waals surface area contributed by atoms with E-state index in [0.717, 1.165) is 23.3 Å². The Bertz CT molecular complexity index is 220. The van der Waals surface area contributed by atoms with Gasteiger partial charge in [-0.15, -0.1) is 12.4 Å². The van der Waals surface area contributed by atoms with E-state index in [1.165, 1.54) is 6.07 Å². The van der Waals surface area contributed by atoms with Crippen molar-refractivity contribution in [1.29, 1.82) is 0 Å². The summed E-state index contributed by atoms with van der Waals surface area (Å²) in [5.74, 6) is -0.182. The molecule has 1 rings (SSSR count). The van der Waals surface area contributed by atoms with E-state index in [1.54, 1.807) is 12.1 Å². The van der Waals surface area contributed by atoms with E-state index in [1.807, 2.05) is 0 Å². The van der Waals surface area contributed by atoms with E-state index < -0.39 is 0 Å². The van der Waals surface area contributed by atoms with Crippen molar-refractivity contribution >= 4 is 24.0 Å². The molecule has 0 amide bonds. The standard InChI is InChI=1S/C7H5ClF.ClH.Zn/c1-5-6(8)3-2-4-7(5)9;;/h2-4H,1H2;1H;. The van der Waals surface area contributed by atoms with Crippen LogP contribution in [0, 0.1) is 5.82 Å². The first kappa shape index (κ1) is 11.4. The van der Waals surface area contributed by atoms with Gasteiger partial charge in [0.25, 0.3) is 0 Å². The van der Waals surface area contributed by atoms with Crippen molar-refractivity contribution in [3.05, 3.63) is 34.6 Å². The van der Waals surface area contributed by atoms with Crippen molar-refractivity contribution in [1.82, 2.24) is 0 Å². The minimum atomic E-state index is -0.182. The Morgan fingerprint density at radius 2 is 2.09 bits per heavy atom. The quantitative estimate of drug-likeness (QED) is 0.667. The zero-order valence-corrected chi connectivity index (χ0v) is 10.3. The Morgan fingerprint density at radius 1 is 1.45 bits per heavy atom. The van der Waals surface area contributed by atoms with Crippen LogP contribution in [-0.2, 0) is 23.3 Å². The molecule has 11 heavy (non-hydrogen) atoms. The molecule has 0 saturated carbocycles. The molecule has 0 atom stereocenters. The summed E-state index contributed by atoms with van der Waals surface area (Å²) in [6.45, 7) is 0. The maximum absolute atomic E-state index is 12.8. The minimum absolute atomic E-state index is 0. The Labute approximate surface area is 86.2 Å². The van der Waals surface area contributed by atoms with Gasteiger partial charge < -0.3 is 0 Å². The predicted octanol–water partition coefficient (Wildman–Crippen LogP) is 2.95. The van der Waals surface area contributed by atoms with Crippen molar-refractivity contribution in [2.45, 2.75) is 5.02 Å². The van der Waals surface area contributed by atoms with Gasteiger partial charge in [0.15, 0.2) is 0 Å². The molecule has 0 unspecified atom stereocenters. The van der Waals surface area contributed by atoms with Gasteiger partial charge in [-0.05, 0) is 0 Å². The second-order valence-electron chi connectivity index (χ2n) is 1.95. The van der Waals surface area contributed by atoms with Crippen molar-refractivity contribution < 1.29 is 22.7 Å². The third kappa shape index (κ3) is 2.70. The fourth-order valence-corrected chi connectivity index (χ4v) is 2.43. The van der Waals surface area contributed by atoms with Crippen LogP contribution < -0.4 is 0 Å². The van der Waals surface area contributed by atoms with Gasteiger partial charge in [0.1, 0.15) is 0 Å². The number of rotatable bonds is 1. The fraction of sp³-hybridized carbons (Fsp3) is 0.143. The molecule has 0 saturated heterocycles. The van der Waals surface area contributed by atoms with Gasteiger partial charge in [0.05, 0.1) is 0 Å². The monoisotopic (exact) mass is 243 g/mol. The third-order valence-corrected chi connectivity index (χ3v) is 2.71. The molecular formula is C7H6Cl2FZn. The summed E-state index contributed by atoms with van der Waals surface area (Å²) in [6.07, 6.45) is 0. The Hall–Kier alpha value is 0.353. The Kier molecular flexibility index (Phi) is 5.24. The second kappa shape index (κ2) is 5.08. The van der Waals surface area contributed by atoms with Crippen LogP contribution in [0.3, 0.4) is 0 Å². The van der Waals surface area contributed by atoms with Crippen LogP contribution in [0.5, 0.6) is 0 Å². The molecule has 0 N–H and O–H groups in total. The van der Waals surface area contributed by atoms with Gasteiger partial charge in [-0.1, -0.05) is 0 Å². The third-order valence-electron chi connectivity index (χ3n) is 1.31. The van der Waals surface area contributed by atoms with Crippen LogP contribution in [0.15, 0.2) is 18.2 Å². The number of benzene rings is 1. The van der Waals surface area contributed by atoms with E-state index in [9.17, 15) is 4.39 Å². The fourth-order valence-electron chi connectivity index (χ4n) is 0.771. The zero-order chi connectivity index (χ0) is 7.56. The van der Waals surface area contributed by atoms with Gasteiger partial charge in [-0.3, -0.25) is 0 Å². The van der Waals surface area contributed by atoms with E-state index in [0.29, 0.717) is 10.6 Å². The van der Waals surface area contributed by atoms with Gasteiger partial charge in [0.2, 0.25) is 0 Å². The Balaban J connectivity index is 0.000001000.